The van der Waals surface area contributed by atoms with Crippen molar-refractivity contribution in [2.75, 3.05) is 26.2 Å². The van der Waals surface area contributed by atoms with Crippen LogP contribution in [-0.2, 0) is 9.53 Å². The van der Waals surface area contributed by atoms with Crippen LogP contribution in [0.5, 0.6) is 0 Å². The zero-order chi connectivity index (χ0) is 14.8. The highest BCUT2D eigenvalue weighted by Gasteiger charge is 2.40. The Hall–Kier alpha value is -0.610. The molecule has 4 heteroatoms. The van der Waals surface area contributed by atoms with E-state index in [2.05, 4.69) is 31.0 Å². The molecule has 0 aromatic carbocycles. The predicted octanol–water partition coefficient (Wildman–Crippen LogP) is 2.04. The van der Waals surface area contributed by atoms with Gasteiger partial charge < -0.3 is 10.1 Å². The average molecular weight is 282 g/mol. The summed E-state index contributed by atoms with van der Waals surface area (Å²) in [6.45, 7) is 12.1. The van der Waals surface area contributed by atoms with E-state index >= 15 is 0 Å². The van der Waals surface area contributed by atoms with Gasteiger partial charge in [-0.15, -0.1) is 0 Å². The van der Waals surface area contributed by atoms with Crippen molar-refractivity contribution in [3.05, 3.63) is 0 Å². The van der Waals surface area contributed by atoms with E-state index in [1.807, 2.05) is 6.92 Å². The predicted molar refractivity (Wildman–Crippen MR) is 80.6 cm³/mol. The lowest BCUT2D eigenvalue weighted by molar-refractivity contribution is -0.152. The van der Waals surface area contributed by atoms with Crippen LogP contribution >= 0.6 is 0 Å². The van der Waals surface area contributed by atoms with Gasteiger partial charge in [0.1, 0.15) is 6.04 Å². The van der Waals surface area contributed by atoms with Crippen LogP contribution in [-0.4, -0.2) is 49.2 Å². The van der Waals surface area contributed by atoms with Gasteiger partial charge in [0.05, 0.1) is 6.61 Å². The number of carbonyl (C=O) groups is 1. The smallest absolute Gasteiger partial charge is 0.324 e. The maximum absolute atomic E-state index is 12.2. The Labute approximate surface area is 123 Å². The maximum Gasteiger partial charge on any atom is 0.324 e. The molecule has 0 amide bonds. The molecular formula is C16H30N2O2. The molecule has 20 heavy (non-hydrogen) atoms. The molecular weight excluding hydrogens is 252 g/mol. The van der Waals surface area contributed by atoms with Gasteiger partial charge in [0.2, 0.25) is 0 Å². The lowest BCUT2D eigenvalue weighted by Gasteiger charge is -2.48. The summed E-state index contributed by atoms with van der Waals surface area (Å²) < 4.78 is 5.26. The minimum atomic E-state index is -0.0997. The summed E-state index contributed by atoms with van der Waals surface area (Å²) in [5.74, 6) is 0.588. The first-order chi connectivity index (χ1) is 9.44. The molecule has 2 aliphatic rings. The fraction of sp³-hybridized carbons (Fsp3) is 0.938. The topological polar surface area (TPSA) is 41.6 Å². The highest BCUT2D eigenvalue weighted by atomic mass is 16.5. The van der Waals surface area contributed by atoms with Gasteiger partial charge in [-0.05, 0) is 37.5 Å². The van der Waals surface area contributed by atoms with Gasteiger partial charge in [0.25, 0.3) is 0 Å². The number of hydrogen-bond donors (Lipinski definition) is 1. The minimum Gasteiger partial charge on any atom is -0.465 e. The van der Waals surface area contributed by atoms with Gasteiger partial charge >= 0.3 is 5.97 Å². The zero-order valence-corrected chi connectivity index (χ0v) is 13.4. The summed E-state index contributed by atoms with van der Waals surface area (Å²) in [5.41, 5.74) is 0.448. The Bertz CT molecular complexity index is 343. The molecule has 0 spiro atoms. The standard InChI is InChI=1S/C16H30N2O2/c1-5-20-15(19)14-11-17-8-9-18(14)13-6-7-16(3,4)10-12(13)2/h12-14,17H,5-11H2,1-4H3. The van der Waals surface area contributed by atoms with Crippen molar-refractivity contribution in [2.24, 2.45) is 11.3 Å². The van der Waals surface area contributed by atoms with Crippen LogP contribution in [0.2, 0.25) is 0 Å². The van der Waals surface area contributed by atoms with Crippen LogP contribution in [0.3, 0.4) is 0 Å². The second-order valence-electron chi connectivity index (χ2n) is 7.16. The number of ether oxygens (including phenoxy) is 1. The largest absolute Gasteiger partial charge is 0.465 e. The van der Waals surface area contributed by atoms with Crippen molar-refractivity contribution < 1.29 is 9.53 Å². The van der Waals surface area contributed by atoms with Gasteiger partial charge in [-0.2, -0.15) is 0 Å². The molecule has 0 bridgehead atoms. The fourth-order valence-corrected chi connectivity index (χ4v) is 4.00. The number of nitrogens with zero attached hydrogens (tertiary/aromatic N) is 1. The average Bonchev–Trinajstić information content (AvgIpc) is 2.38. The van der Waals surface area contributed by atoms with Crippen LogP contribution in [0.15, 0.2) is 0 Å². The van der Waals surface area contributed by atoms with E-state index < -0.39 is 0 Å². The summed E-state index contributed by atoms with van der Waals surface area (Å²) in [7, 11) is 0. The number of hydrogen-bond acceptors (Lipinski definition) is 4. The highest BCUT2D eigenvalue weighted by Crippen LogP contribution is 2.41. The quantitative estimate of drug-likeness (QED) is 0.804. The summed E-state index contributed by atoms with van der Waals surface area (Å²) >= 11 is 0. The Morgan fingerprint density at radius 2 is 2.20 bits per heavy atom. The normalized spacial score (nSPS) is 34.7. The van der Waals surface area contributed by atoms with Crippen LogP contribution in [0.4, 0.5) is 0 Å². The molecule has 116 valence electrons. The fourth-order valence-electron chi connectivity index (χ4n) is 4.00. The molecule has 1 saturated carbocycles. The molecule has 2 fully saturated rings. The molecule has 1 N–H and O–H groups in total. The Balaban J connectivity index is 2.06. The van der Waals surface area contributed by atoms with E-state index in [1.165, 1.54) is 19.3 Å². The molecule has 1 heterocycles. The Morgan fingerprint density at radius 3 is 2.85 bits per heavy atom. The lowest BCUT2D eigenvalue weighted by Crippen LogP contribution is -2.61. The summed E-state index contributed by atoms with van der Waals surface area (Å²) in [6, 6.07) is 0.428. The van der Waals surface area contributed by atoms with Crippen molar-refractivity contribution in [3.8, 4) is 0 Å². The van der Waals surface area contributed by atoms with Crippen LogP contribution in [0.1, 0.15) is 47.0 Å². The molecule has 0 aromatic rings. The third-order valence-electron chi connectivity index (χ3n) is 4.92. The second-order valence-corrected chi connectivity index (χ2v) is 7.16. The maximum atomic E-state index is 12.2. The molecule has 3 atom stereocenters. The van der Waals surface area contributed by atoms with E-state index in [0.717, 1.165) is 19.6 Å². The summed E-state index contributed by atoms with van der Waals surface area (Å²) in [6.07, 6.45) is 3.70. The molecule has 2 rings (SSSR count). The molecule has 0 radical (unpaired) electrons. The van der Waals surface area contributed by atoms with E-state index in [9.17, 15) is 4.79 Å². The number of rotatable bonds is 3. The monoisotopic (exact) mass is 282 g/mol. The summed E-state index contributed by atoms with van der Waals surface area (Å²) in [4.78, 5) is 14.6. The Morgan fingerprint density at radius 1 is 1.45 bits per heavy atom. The number of piperazine rings is 1. The van der Waals surface area contributed by atoms with Crippen molar-refractivity contribution in [3.63, 3.8) is 0 Å². The molecule has 4 nitrogen and oxygen atoms in total. The first-order valence-electron chi connectivity index (χ1n) is 8.07. The van der Waals surface area contributed by atoms with Crippen molar-refractivity contribution in [2.45, 2.75) is 59.0 Å². The first-order valence-corrected chi connectivity index (χ1v) is 8.07. The number of esters is 1. The van der Waals surface area contributed by atoms with Crippen molar-refractivity contribution in [1.82, 2.24) is 10.2 Å². The SMILES string of the molecule is CCOC(=O)C1CNCCN1C1CCC(C)(C)CC1C. The van der Waals surface area contributed by atoms with E-state index in [0.29, 0.717) is 24.0 Å². The molecule has 3 unspecified atom stereocenters. The van der Waals surface area contributed by atoms with Crippen LogP contribution in [0, 0.1) is 11.3 Å². The van der Waals surface area contributed by atoms with Gasteiger partial charge in [0.15, 0.2) is 0 Å². The van der Waals surface area contributed by atoms with E-state index in [1.54, 1.807) is 0 Å². The molecule has 0 aromatic heterocycles. The first kappa shape index (κ1) is 15.8. The highest BCUT2D eigenvalue weighted by molar-refractivity contribution is 5.76. The number of carbonyl (C=O) groups excluding carboxylic acids is 1. The second kappa shape index (κ2) is 6.44. The zero-order valence-electron chi connectivity index (χ0n) is 13.4. The third-order valence-corrected chi connectivity index (χ3v) is 4.92. The van der Waals surface area contributed by atoms with Crippen molar-refractivity contribution in [1.29, 1.82) is 0 Å². The molecule has 1 saturated heterocycles. The van der Waals surface area contributed by atoms with E-state index in [-0.39, 0.29) is 12.0 Å². The van der Waals surface area contributed by atoms with Gasteiger partial charge in [0, 0.05) is 25.7 Å². The van der Waals surface area contributed by atoms with Crippen LogP contribution in [0.25, 0.3) is 0 Å². The lowest BCUT2D eigenvalue weighted by atomic mass is 9.70. The molecule has 1 aliphatic heterocycles. The van der Waals surface area contributed by atoms with Crippen molar-refractivity contribution >= 4 is 5.97 Å². The van der Waals surface area contributed by atoms with Gasteiger partial charge in [-0.1, -0.05) is 20.8 Å². The van der Waals surface area contributed by atoms with Gasteiger partial charge in [-0.25, -0.2) is 0 Å². The summed E-state index contributed by atoms with van der Waals surface area (Å²) in [5, 5.41) is 3.33. The van der Waals surface area contributed by atoms with Crippen LogP contribution < -0.4 is 5.32 Å². The number of nitrogens with one attached hydrogen (secondary N) is 1. The van der Waals surface area contributed by atoms with Gasteiger partial charge in [-0.3, -0.25) is 9.69 Å². The van der Waals surface area contributed by atoms with E-state index in [4.69, 9.17) is 4.74 Å². The minimum absolute atomic E-state index is 0.0586. The third kappa shape index (κ3) is 3.53. The Kier molecular flexibility index (Phi) is 5.08. The molecule has 1 aliphatic carbocycles.